The number of hydrogen-bond acceptors (Lipinski definition) is 2. The quantitative estimate of drug-likeness (QED) is 0.407. The van der Waals surface area contributed by atoms with Crippen molar-refractivity contribution in [3.8, 4) is 0 Å². The molecule has 2 nitrogen and oxygen atoms in total. The van der Waals surface area contributed by atoms with Gasteiger partial charge in [-0.25, -0.2) is 0 Å². The highest BCUT2D eigenvalue weighted by molar-refractivity contribution is 5.84. The summed E-state index contributed by atoms with van der Waals surface area (Å²) in [6.07, 6.45) is 3.15. The Balaban J connectivity index is 2.48. The molecule has 1 rings (SSSR count). The van der Waals surface area contributed by atoms with Crippen LogP contribution in [0, 0.1) is 11.8 Å². The van der Waals surface area contributed by atoms with Crippen LogP contribution in [0.2, 0.25) is 0 Å². The van der Waals surface area contributed by atoms with E-state index in [9.17, 15) is 0 Å². The predicted molar refractivity (Wildman–Crippen MR) is 41.4 cm³/mol. The van der Waals surface area contributed by atoms with E-state index in [0.29, 0.717) is 5.92 Å². The summed E-state index contributed by atoms with van der Waals surface area (Å²) >= 11 is 0. The van der Waals surface area contributed by atoms with Crippen LogP contribution in [0.1, 0.15) is 33.1 Å². The molecule has 0 aromatic carbocycles. The summed E-state index contributed by atoms with van der Waals surface area (Å²) in [6.45, 7) is 4.48. The molecule has 0 bridgehead atoms. The normalized spacial score (nSPS) is 38.4. The van der Waals surface area contributed by atoms with Gasteiger partial charge in [-0.15, -0.1) is 0 Å². The van der Waals surface area contributed by atoms with Crippen molar-refractivity contribution in [1.29, 1.82) is 0 Å². The van der Waals surface area contributed by atoms with Crippen molar-refractivity contribution in [2.75, 3.05) is 0 Å². The highest BCUT2D eigenvalue weighted by Gasteiger charge is 2.20. The smallest absolute Gasteiger partial charge is 0.0573 e. The zero-order chi connectivity index (χ0) is 7.56. The third kappa shape index (κ3) is 1.49. The molecule has 2 heteroatoms. The average Bonchev–Trinajstić information content (AvgIpc) is 1.95. The number of rotatable bonds is 0. The minimum absolute atomic E-state index is 0.694. The molecule has 1 aliphatic rings. The van der Waals surface area contributed by atoms with Crippen LogP contribution < -0.4 is 0 Å². The molecule has 1 saturated carbocycles. The van der Waals surface area contributed by atoms with E-state index >= 15 is 0 Å². The van der Waals surface area contributed by atoms with Gasteiger partial charge < -0.3 is 5.21 Å². The van der Waals surface area contributed by atoms with Gasteiger partial charge in [0.05, 0.1) is 5.71 Å². The molecule has 0 aromatic rings. The van der Waals surface area contributed by atoms with Crippen molar-refractivity contribution in [3.05, 3.63) is 0 Å². The summed E-state index contributed by atoms with van der Waals surface area (Å²) in [4.78, 5) is 0. The molecule has 10 heavy (non-hydrogen) atoms. The molecule has 1 aliphatic carbocycles. The Hall–Kier alpha value is -0.530. The maximum absolute atomic E-state index is 8.48. The molecular weight excluding hydrogens is 126 g/mol. The second kappa shape index (κ2) is 3.04. The predicted octanol–water partition coefficient (Wildman–Crippen LogP) is 2.27. The fraction of sp³-hybridized carbons (Fsp3) is 0.875. The Morgan fingerprint density at radius 3 is 2.60 bits per heavy atom. The number of oxime groups is 1. The van der Waals surface area contributed by atoms with Crippen molar-refractivity contribution in [3.63, 3.8) is 0 Å². The van der Waals surface area contributed by atoms with Gasteiger partial charge in [-0.1, -0.05) is 19.0 Å². The Labute approximate surface area is 61.9 Å². The van der Waals surface area contributed by atoms with Crippen LogP contribution in [0.25, 0.3) is 0 Å². The van der Waals surface area contributed by atoms with E-state index in [1.165, 1.54) is 6.42 Å². The molecule has 1 N–H and O–H groups in total. The monoisotopic (exact) mass is 141 g/mol. The van der Waals surface area contributed by atoms with Crippen LogP contribution in [0.5, 0.6) is 0 Å². The zero-order valence-electron chi connectivity index (χ0n) is 6.67. The van der Waals surface area contributed by atoms with Crippen LogP contribution in [-0.4, -0.2) is 10.9 Å². The van der Waals surface area contributed by atoms with E-state index in [1.54, 1.807) is 0 Å². The van der Waals surface area contributed by atoms with Gasteiger partial charge >= 0.3 is 0 Å². The lowest BCUT2D eigenvalue weighted by molar-refractivity contribution is 0.298. The van der Waals surface area contributed by atoms with Crippen LogP contribution in [0.4, 0.5) is 0 Å². The third-order valence-corrected chi connectivity index (χ3v) is 2.56. The second-order valence-corrected chi connectivity index (χ2v) is 3.36. The number of nitrogens with zero attached hydrogens (tertiary/aromatic N) is 1. The van der Waals surface area contributed by atoms with Gasteiger partial charge in [0.15, 0.2) is 0 Å². The largest absolute Gasteiger partial charge is 0.411 e. The molecule has 0 heterocycles. The fourth-order valence-corrected chi connectivity index (χ4v) is 1.44. The zero-order valence-corrected chi connectivity index (χ0v) is 6.67. The molecule has 2 unspecified atom stereocenters. The van der Waals surface area contributed by atoms with Crippen molar-refractivity contribution >= 4 is 5.71 Å². The maximum atomic E-state index is 8.48. The molecular formula is C8H15NO. The molecule has 0 amide bonds. The maximum Gasteiger partial charge on any atom is 0.0573 e. The van der Waals surface area contributed by atoms with E-state index in [1.807, 2.05) is 0 Å². The van der Waals surface area contributed by atoms with E-state index in [-0.39, 0.29) is 0 Å². The molecule has 58 valence electrons. The Morgan fingerprint density at radius 2 is 2.10 bits per heavy atom. The van der Waals surface area contributed by atoms with Crippen molar-refractivity contribution < 1.29 is 5.21 Å². The van der Waals surface area contributed by atoms with Gasteiger partial charge in [-0.2, -0.15) is 0 Å². The Bertz CT molecular complexity index is 142. The van der Waals surface area contributed by atoms with Crippen LogP contribution in [-0.2, 0) is 0 Å². The lowest BCUT2D eigenvalue weighted by Gasteiger charge is -2.25. The van der Waals surface area contributed by atoms with Crippen LogP contribution >= 0.6 is 0 Å². The summed E-state index contributed by atoms with van der Waals surface area (Å²) in [7, 11) is 0. The Morgan fingerprint density at radius 1 is 1.40 bits per heavy atom. The molecule has 0 saturated heterocycles. The van der Waals surface area contributed by atoms with Crippen molar-refractivity contribution in [2.45, 2.75) is 33.1 Å². The standard InChI is InChI=1S/C8H15NO/c1-6-3-4-8(9-10)5-7(6)2/h6-7,10H,3-5H2,1-2H3/b9-8+. The molecule has 1 fully saturated rings. The number of hydrogen-bond donors (Lipinski definition) is 1. The lowest BCUT2D eigenvalue weighted by atomic mass is 9.81. The summed E-state index contributed by atoms with van der Waals surface area (Å²) in [5, 5.41) is 11.7. The molecule has 0 aliphatic heterocycles. The first-order chi connectivity index (χ1) is 4.74. The highest BCUT2D eigenvalue weighted by atomic mass is 16.4. The second-order valence-electron chi connectivity index (χ2n) is 3.36. The van der Waals surface area contributed by atoms with E-state index < -0.39 is 0 Å². The van der Waals surface area contributed by atoms with E-state index in [4.69, 9.17) is 5.21 Å². The SMILES string of the molecule is CC1CC/C(=N\O)CC1C. The third-order valence-electron chi connectivity index (χ3n) is 2.56. The first-order valence-corrected chi connectivity index (χ1v) is 3.94. The summed E-state index contributed by atoms with van der Waals surface area (Å²) in [5.41, 5.74) is 0.977. The van der Waals surface area contributed by atoms with Crippen molar-refractivity contribution in [1.82, 2.24) is 0 Å². The van der Waals surface area contributed by atoms with Gasteiger partial charge in [-0.05, 0) is 31.1 Å². The lowest BCUT2D eigenvalue weighted by Crippen LogP contribution is -2.20. The Kier molecular flexibility index (Phi) is 2.30. The first-order valence-electron chi connectivity index (χ1n) is 3.94. The van der Waals surface area contributed by atoms with Gasteiger partial charge in [0.25, 0.3) is 0 Å². The highest BCUT2D eigenvalue weighted by Crippen LogP contribution is 2.27. The summed E-state index contributed by atoms with van der Waals surface area (Å²) < 4.78 is 0. The fourth-order valence-electron chi connectivity index (χ4n) is 1.44. The van der Waals surface area contributed by atoms with Crippen molar-refractivity contribution in [2.24, 2.45) is 17.0 Å². The minimum Gasteiger partial charge on any atom is -0.411 e. The summed E-state index contributed by atoms with van der Waals surface area (Å²) in [5.74, 6) is 1.49. The van der Waals surface area contributed by atoms with Gasteiger partial charge in [0.1, 0.15) is 0 Å². The van der Waals surface area contributed by atoms with Gasteiger partial charge in [-0.3, -0.25) is 0 Å². The first kappa shape index (κ1) is 7.58. The van der Waals surface area contributed by atoms with Crippen LogP contribution in [0.15, 0.2) is 5.16 Å². The van der Waals surface area contributed by atoms with Gasteiger partial charge in [0.2, 0.25) is 0 Å². The molecule has 0 spiro atoms. The average molecular weight is 141 g/mol. The summed E-state index contributed by atoms with van der Waals surface area (Å²) in [6, 6.07) is 0. The topological polar surface area (TPSA) is 32.6 Å². The molecule has 2 atom stereocenters. The molecule has 0 radical (unpaired) electrons. The van der Waals surface area contributed by atoms with Crippen LogP contribution in [0.3, 0.4) is 0 Å². The van der Waals surface area contributed by atoms with E-state index in [0.717, 1.165) is 24.5 Å². The minimum atomic E-state index is 0.694. The molecule has 0 aromatic heterocycles. The van der Waals surface area contributed by atoms with E-state index in [2.05, 4.69) is 19.0 Å². The van der Waals surface area contributed by atoms with Gasteiger partial charge in [0, 0.05) is 0 Å².